The van der Waals surface area contributed by atoms with Gasteiger partial charge in [-0.15, -0.1) is 0 Å². The van der Waals surface area contributed by atoms with Gasteiger partial charge in [0.2, 0.25) is 0 Å². The minimum atomic E-state index is -0.646. The van der Waals surface area contributed by atoms with Crippen molar-refractivity contribution in [1.82, 2.24) is 0 Å². The molecule has 162 valence electrons. The topological polar surface area (TPSA) is 37.3 Å². The van der Waals surface area contributed by atoms with Crippen LogP contribution >= 0.6 is 0 Å². The number of rotatable bonds is 22. The summed E-state index contributed by atoms with van der Waals surface area (Å²) in [6, 6.07) is 0. The molecule has 2 nitrogen and oxygen atoms in total. The molecule has 0 fully saturated rings. The normalized spacial score (nSPS) is 12.4. The third-order valence-corrected chi connectivity index (χ3v) is 5.91. The maximum absolute atomic E-state index is 10.7. The molecule has 2 heteroatoms. The van der Waals surface area contributed by atoms with Gasteiger partial charge >= 0.3 is 5.97 Å². The molecule has 1 unspecified atom stereocenters. The first-order valence-electron chi connectivity index (χ1n) is 12.4. The second-order valence-corrected chi connectivity index (χ2v) is 8.75. The fourth-order valence-corrected chi connectivity index (χ4v) is 3.83. The molecule has 0 amide bonds. The van der Waals surface area contributed by atoms with E-state index in [0.29, 0.717) is 0 Å². The predicted molar refractivity (Wildman–Crippen MR) is 119 cm³/mol. The molecular formula is C25H50O2. The maximum Gasteiger partial charge on any atom is 0.306 e. The summed E-state index contributed by atoms with van der Waals surface area (Å²) in [7, 11) is 0. The van der Waals surface area contributed by atoms with Crippen molar-refractivity contribution < 1.29 is 9.90 Å². The highest BCUT2D eigenvalue weighted by atomic mass is 16.4. The highest BCUT2D eigenvalue weighted by molar-refractivity contribution is 5.69. The average Bonchev–Trinajstić information content (AvgIpc) is 2.66. The number of aliphatic carboxylic acids is 1. The van der Waals surface area contributed by atoms with Crippen LogP contribution in [0.15, 0.2) is 0 Å². The lowest BCUT2D eigenvalue weighted by atomic mass is 10.0. The summed E-state index contributed by atoms with van der Waals surface area (Å²) in [4.78, 5) is 10.7. The molecule has 0 heterocycles. The van der Waals surface area contributed by atoms with E-state index >= 15 is 0 Å². The van der Waals surface area contributed by atoms with Gasteiger partial charge in [-0.2, -0.15) is 0 Å². The van der Waals surface area contributed by atoms with E-state index in [9.17, 15) is 4.79 Å². The zero-order valence-corrected chi connectivity index (χ0v) is 18.8. The summed E-state index contributed by atoms with van der Waals surface area (Å²) in [5.74, 6) is -0.812. The van der Waals surface area contributed by atoms with E-state index in [-0.39, 0.29) is 5.92 Å². The molecule has 0 aliphatic rings. The van der Waals surface area contributed by atoms with Crippen LogP contribution in [0.3, 0.4) is 0 Å². The molecule has 0 bridgehead atoms. The van der Waals surface area contributed by atoms with Gasteiger partial charge in [0.1, 0.15) is 0 Å². The van der Waals surface area contributed by atoms with E-state index in [2.05, 4.69) is 6.92 Å². The zero-order valence-electron chi connectivity index (χ0n) is 18.8. The average molecular weight is 383 g/mol. The van der Waals surface area contributed by atoms with Gasteiger partial charge in [0.25, 0.3) is 0 Å². The first kappa shape index (κ1) is 26.5. The SMILES string of the molecule is CCCCCCCCCCCCCCCCCCCCCCC(C)C(=O)O. The summed E-state index contributed by atoms with van der Waals surface area (Å²) in [5, 5.41) is 8.84. The molecule has 0 saturated heterocycles. The first-order chi connectivity index (χ1) is 13.2. The Hall–Kier alpha value is -0.530. The van der Waals surface area contributed by atoms with Crippen LogP contribution in [-0.2, 0) is 4.79 Å². The molecule has 0 saturated carbocycles. The highest BCUT2D eigenvalue weighted by Crippen LogP contribution is 2.15. The highest BCUT2D eigenvalue weighted by Gasteiger charge is 2.09. The Bertz CT molecular complexity index is 301. The Labute approximate surface area is 170 Å². The van der Waals surface area contributed by atoms with Gasteiger partial charge < -0.3 is 5.11 Å². The maximum atomic E-state index is 10.7. The quantitative estimate of drug-likeness (QED) is 0.190. The monoisotopic (exact) mass is 382 g/mol. The van der Waals surface area contributed by atoms with Gasteiger partial charge in [0.15, 0.2) is 0 Å². The number of hydrogen-bond donors (Lipinski definition) is 1. The molecule has 0 rings (SSSR count). The van der Waals surface area contributed by atoms with Crippen LogP contribution < -0.4 is 0 Å². The first-order valence-corrected chi connectivity index (χ1v) is 12.4. The molecule has 0 aliphatic heterocycles. The molecule has 0 aromatic rings. The van der Waals surface area contributed by atoms with Crippen molar-refractivity contribution in [3.8, 4) is 0 Å². The van der Waals surface area contributed by atoms with Crippen molar-refractivity contribution >= 4 is 5.97 Å². The van der Waals surface area contributed by atoms with Crippen molar-refractivity contribution in [3.63, 3.8) is 0 Å². The second-order valence-electron chi connectivity index (χ2n) is 8.75. The predicted octanol–water partition coefficient (Wildman–Crippen LogP) is 8.92. The minimum absolute atomic E-state index is 0.166. The molecule has 0 spiro atoms. The third kappa shape index (κ3) is 21.6. The molecule has 0 aliphatic carbocycles. The van der Waals surface area contributed by atoms with Gasteiger partial charge in [0, 0.05) is 0 Å². The van der Waals surface area contributed by atoms with Crippen molar-refractivity contribution in [2.75, 3.05) is 0 Å². The van der Waals surface area contributed by atoms with E-state index in [4.69, 9.17) is 5.11 Å². The summed E-state index contributed by atoms with van der Waals surface area (Å²) in [6.45, 7) is 4.11. The van der Waals surface area contributed by atoms with Crippen LogP contribution in [0, 0.1) is 5.92 Å². The molecule has 1 N–H and O–H groups in total. The lowest BCUT2D eigenvalue weighted by Crippen LogP contribution is -2.08. The summed E-state index contributed by atoms with van der Waals surface area (Å²) < 4.78 is 0. The van der Waals surface area contributed by atoms with Gasteiger partial charge in [-0.05, 0) is 6.42 Å². The molecule has 0 aromatic heterocycles. The Morgan fingerprint density at radius 1 is 0.556 bits per heavy atom. The standard InChI is InChI=1S/C25H50O2/c1-3-4-5-6-7-8-9-10-11-12-13-14-15-16-17-18-19-20-21-22-23-24(2)25(26)27/h24H,3-23H2,1-2H3,(H,26,27). The fourth-order valence-electron chi connectivity index (χ4n) is 3.83. The van der Waals surface area contributed by atoms with Crippen LogP contribution in [0.4, 0.5) is 0 Å². The van der Waals surface area contributed by atoms with E-state index in [1.807, 2.05) is 6.92 Å². The lowest BCUT2D eigenvalue weighted by Gasteiger charge is -2.06. The van der Waals surface area contributed by atoms with E-state index in [1.54, 1.807) is 0 Å². The van der Waals surface area contributed by atoms with E-state index < -0.39 is 5.97 Å². The van der Waals surface area contributed by atoms with Crippen LogP contribution in [-0.4, -0.2) is 11.1 Å². The van der Waals surface area contributed by atoms with Crippen molar-refractivity contribution in [3.05, 3.63) is 0 Å². The molecule has 0 radical (unpaired) electrons. The number of carboxylic acids is 1. The second kappa shape index (κ2) is 21.8. The zero-order chi connectivity index (χ0) is 20.0. The van der Waals surface area contributed by atoms with Crippen molar-refractivity contribution in [1.29, 1.82) is 0 Å². The van der Waals surface area contributed by atoms with Gasteiger partial charge in [0.05, 0.1) is 5.92 Å². The van der Waals surface area contributed by atoms with Gasteiger partial charge in [-0.25, -0.2) is 0 Å². The number of unbranched alkanes of at least 4 members (excludes halogenated alkanes) is 19. The summed E-state index contributed by atoms with van der Waals surface area (Å²) in [6.07, 6.45) is 28.6. The Morgan fingerprint density at radius 3 is 1.07 bits per heavy atom. The van der Waals surface area contributed by atoms with Crippen LogP contribution in [0.1, 0.15) is 149 Å². The number of hydrogen-bond acceptors (Lipinski definition) is 1. The largest absolute Gasteiger partial charge is 0.481 e. The molecular weight excluding hydrogens is 332 g/mol. The van der Waals surface area contributed by atoms with E-state index in [1.165, 1.54) is 122 Å². The number of carboxylic acid groups (broad SMARTS) is 1. The van der Waals surface area contributed by atoms with Crippen molar-refractivity contribution in [2.24, 2.45) is 5.92 Å². The fraction of sp³-hybridized carbons (Fsp3) is 0.960. The Kier molecular flexibility index (Phi) is 21.3. The van der Waals surface area contributed by atoms with Crippen LogP contribution in [0.2, 0.25) is 0 Å². The van der Waals surface area contributed by atoms with Crippen LogP contribution in [0.5, 0.6) is 0 Å². The van der Waals surface area contributed by atoms with E-state index in [0.717, 1.165) is 12.8 Å². The Morgan fingerprint density at radius 2 is 0.815 bits per heavy atom. The molecule has 27 heavy (non-hydrogen) atoms. The summed E-state index contributed by atoms with van der Waals surface area (Å²) in [5.41, 5.74) is 0. The molecule has 1 atom stereocenters. The molecule has 0 aromatic carbocycles. The van der Waals surface area contributed by atoms with Crippen LogP contribution in [0.25, 0.3) is 0 Å². The summed E-state index contributed by atoms with van der Waals surface area (Å²) >= 11 is 0. The third-order valence-electron chi connectivity index (χ3n) is 5.91. The smallest absolute Gasteiger partial charge is 0.306 e. The van der Waals surface area contributed by atoms with Gasteiger partial charge in [-0.1, -0.05) is 142 Å². The minimum Gasteiger partial charge on any atom is -0.481 e. The van der Waals surface area contributed by atoms with Crippen molar-refractivity contribution in [2.45, 2.75) is 149 Å². The number of carbonyl (C=O) groups is 1. The lowest BCUT2D eigenvalue weighted by molar-refractivity contribution is -0.141. The van der Waals surface area contributed by atoms with Gasteiger partial charge in [-0.3, -0.25) is 4.79 Å². The Balaban J connectivity index is 3.04.